The average molecular weight is 257 g/mol. The van der Waals surface area contributed by atoms with Gasteiger partial charge in [0.1, 0.15) is 0 Å². The van der Waals surface area contributed by atoms with Crippen LogP contribution in [0.3, 0.4) is 0 Å². The fourth-order valence-corrected chi connectivity index (χ4v) is 2.61. The van der Waals surface area contributed by atoms with Crippen molar-refractivity contribution in [1.82, 2.24) is 15.0 Å². The van der Waals surface area contributed by atoms with Gasteiger partial charge in [-0.05, 0) is 26.8 Å². The van der Waals surface area contributed by atoms with Crippen LogP contribution in [-0.4, -0.2) is 44.3 Å². The number of aromatic nitrogens is 2. The van der Waals surface area contributed by atoms with Crippen molar-refractivity contribution in [3.63, 3.8) is 0 Å². The van der Waals surface area contributed by atoms with Crippen LogP contribution >= 0.6 is 0 Å². The first-order chi connectivity index (χ1) is 8.06. The highest BCUT2D eigenvalue weighted by molar-refractivity contribution is 7.84. The SMILES string of the molecule is C[C@H](C[S@](C)=O)N(C)Cc1noc(C2CC2)n1. The van der Waals surface area contributed by atoms with E-state index in [1.807, 2.05) is 7.05 Å². The maximum Gasteiger partial charge on any atom is 0.229 e. The third-order valence-corrected chi connectivity index (χ3v) is 3.98. The Balaban J connectivity index is 1.87. The molecule has 96 valence electrons. The number of rotatable bonds is 6. The molecule has 6 heteroatoms. The normalized spacial score (nSPS) is 19.5. The molecule has 2 rings (SSSR count). The molecule has 2 atom stereocenters. The number of nitrogens with zero attached hydrogens (tertiary/aromatic N) is 3. The number of hydrogen-bond acceptors (Lipinski definition) is 5. The van der Waals surface area contributed by atoms with Crippen molar-refractivity contribution in [3.05, 3.63) is 11.7 Å². The molecule has 17 heavy (non-hydrogen) atoms. The van der Waals surface area contributed by atoms with E-state index in [1.165, 1.54) is 12.8 Å². The first-order valence-corrected chi connectivity index (χ1v) is 7.61. The minimum Gasteiger partial charge on any atom is -0.339 e. The average Bonchev–Trinajstić information content (AvgIpc) is 2.99. The molecule has 0 amide bonds. The highest BCUT2D eigenvalue weighted by atomic mass is 32.2. The Hall–Kier alpha value is -0.750. The summed E-state index contributed by atoms with van der Waals surface area (Å²) < 4.78 is 16.3. The summed E-state index contributed by atoms with van der Waals surface area (Å²) in [7, 11) is 1.22. The molecule has 0 N–H and O–H groups in total. The van der Waals surface area contributed by atoms with Gasteiger partial charge in [-0.15, -0.1) is 0 Å². The van der Waals surface area contributed by atoms with Crippen LogP contribution in [0, 0.1) is 0 Å². The Labute approximate surface area is 104 Å². The second kappa shape index (κ2) is 5.27. The van der Waals surface area contributed by atoms with Crippen LogP contribution in [0.4, 0.5) is 0 Å². The summed E-state index contributed by atoms with van der Waals surface area (Å²) in [5.41, 5.74) is 0. The molecule has 1 aromatic rings. The largest absolute Gasteiger partial charge is 0.339 e. The van der Waals surface area contributed by atoms with Crippen LogP contribution in [0.15, 0.2) is 4.52 Å². The highest BCUT2D eigenvalue weighted by Gasteiger charge is 2.29. The second-order valence-corrected chi connectivity index (χ2v) is 6.31. The summed E-state index contributed by atoms with van der Waals surface area (Å²) in [5.74, 6) is 2.68. The molecule has 0 unspecified atom stereocenters. The van der Waals surface area contributed by atoms with Gasteiger partial charge in [-0.25, -0.2) is 0 Å². The fourth-order valence-electron chi connectivity index (χ4n) is 1.67. The monoisotopic (exact) mass is 257 g/mol. The lowest BCUT2D eigenvalue weighted by atomic mass is 10.3. The van der Waals surface area contributed by atoms with Crippen LogP contribution in [-0.2, 0) is 17.3 Å². The molecule has 0 aromatic carbocycles. The summed E-state index contributed by atoms with van der Waals surface area (Å²) in [5, 5.41) is 3.98. The van der Waals surface area contributed by atoms with Crippen molar-refractivity contribution >= 4 is 10.8 Å². The van der Waals surface area contributed by atoms with E-state index in [9.17, 15) is 4.21 Å². The molecule has 1 fully saturated rings. The lowest BCUT2D eigenvalue weighted by molar-refractivity contribution is 0.256. The minimum atomic E-state index is -0.772. The van der Waals surface area contributed by atoms with E-state index in [1.54, 1.807) is 6.26 Å². The molecule has 1 aliphatic carbocycles. The molecule has 0 spiro atoms. The van der Waals surface area contributed by atoms with Crippen molar-refractivity contribution in [2.45, 2.75) is 38.3 Å². The van der Waals surface area contributed by atoms with E-state index in [2.05, 4.69) is 22.0 Å². The van der Waals surface area contributed by atoms with Crippen LogP contribution < -0.4 is 0 Å². The van der Waals surface area contributed by atoms with Crippen molar-refractivity contribution in [2.24, 2.45) is 0 Å². The van der Waals surface area contributed by atoms with Crippen molar-refractivity contribution in [3.8, 4) is 0 Å². The maximum absolute atomic E-state index is 11.1. The predicted molar refractivity (Wildman–Crippen MR) is 66.1 cm³/mol. The van der Waals surface area contributed by atoms with Crippen LogP contribution in [0.2, 0.25) is 0 Å². The van der Waals surface area contributed by atoms with Crippen LogP contribution in [0.25, 0.3) is 0 Å². The van der Waals surface area contributed by atoms with Gasteiger partial charge in [0, 0.05) is 34.8 Å². The topological polar surface area (TPSA) is 59.2 Å². The van der Waals surface area contributed by atoms with Gasteiger partial charge in [-0.2, -0.15) is 4.98 Å². The summed E-state index contributed by atoms with van der Waals surface area (Å²) >= 11 is 0. The molecule has 1 aromatic heterocycles. The van der Waals surface area contributed by atoms with Gasteiger partial charge in [0.15, 0.2) is 5.82 Å². The summed E-state index contributed by atoms with van der Waals surface area (Å²) in [4.78, 5) is 6.48. The van der Waals surface area contributed by atoms with Gasteiger partial charge >= 0.3 is 0 Å². The Kier molecular flexibility index (Phi) is 3.93. The van der Waals surface area contributed by atoms with E-state index >= 15 is 0 Å². The zero-order valence-electron chi connectivity index (χ0n) is 10.5. The predicted octanol–water partition coefficient (Wildman–Crippen LogP) is 1.15. The Morgan fingerprint density at radius 2 is 2.29 bits per heavy atom. The van der Waals surface area contributed by atoms with Gasteiger partial charge < -0.3 is 4.52 Å². The zero-order valence-corrected chi connectivity index (χ0v) is 11.4. The van der Waals surface area contributed by atoms with Gasteiger partial charge in [0.05, 0.1) is 6.54 Å². The Bertz CT molecular complexity index is 403. The third kappa shape index (κ3) is 3.61. The van der Waals surface area contributed by atoms with E-state index in [0.29, 0.717) is 18.2 Å². The first-order valence-electron chi connectivity index (χ1n) is 5.89. The lowest BCUT2D eigenvalue weighted by Gasteiger charge is -2.21. The lowest BCUT2D eigenvalue weighted by Crippen LogP contribution is -2.33. The molecule has 1 saturated carbocycles. The minimum absolute atomic E-state index is 0.253. The van der Waals surface area contributed by atoms with Crippen molar-refractivity contribution in [2.75, 3.05) is 19.1 Å². The molecule has 0 aliphatic heterocycles. The van der Waals surface area contributed by atoms with Crippen molar-refractivity contribution < 1.29 is 8.73 Å². The molecule has 1 aliphatic rings. The van der Waals surface area contributed by atoms with Crippen LogP contribution in [0.1, 0.15) is 37.4 Å². The molecule has 0 radical (unpaired) electrons. The fraction of sp³-hybridized carbons (Fsp3) is 0.818. The van der Waals surface area contributed by atoms with Crippen molar-refractivity contribution in [1.29, 1.82) is 0 Å². The van der Waals surface area contributed by atoms with Gasteiger partial charge in [-0.1, -0.05) is 5.16 Å². The molecule has 0 bridgehead atoms. The van der Waals surface area contributed by atoms with E-state index < -0.39 is 10.8 Å². The Morgan fingerprint density at radius 1 is 1.59 bits per heavy atom. The molecule has 5 nitrogen and oxygen atoms in total. The smallest absolute Gasteiger partial charge is 0.229 e. The molecule has 1 heterocycles. The van der Waals surface area contributed by atoms with Crippen LogP contribution in [0.5, 0.6) is 0 Å². The van der Waals surface area contributed by atoms with E-state index in [4.69, 9.17) is 4.52 Å². The first kappa shape index (κ1) is 12.7. The maximum atomic E-state index is 11.1. The van der Waals surface area contributed by atoms with E-state index in [-0.39, 0.29) is 6.04 Å². The molecular formula is C11H19N3O2S. The highest BCUT2D eigenvalue weighted by Crippen LogP contribution is 2.38. The second-order valence-electron chi connectivity index (χ2n) is 4.83. The summed E-state index contributed by atoms with van der Waals surface area (Å²) in [6.07, 6.45) is 4.06. The summed E-state index contributed by atoms with van der Waals surface area (Å²) in [6, 6.07) is 0.253. The zero-order chi connectivity index (χ0) is 12.4. The molecule has 0 saturated heterocycles. The number of hydrogen-bond donors (Lipinski definition) is 0. The van der Waals surface area contributed by atoms with Gasteiger partial charge in [-0.3, -0.25) is 9.11 Å². The summed E-state index contributed by atoms with van der Waals surface area (Å²) in [6.45, 7) is 2.71. The standard InChI is InChI=1S/C11H19N3O2S/c1-8(7-17(3)15)14(2)6-10-12-11(16-13-10)9-4-5-9/h8-9H,4-7H2,1-3H3/t8-,17+/m1/s1. The van der Waals surface area contributed by atoms with Gasteiger partial charge in [0.25, 0.3) is 0 Å². The molecular weight excluding hydrogens is 238 g/mol. The van der Waals surface area contributed by atoms with Gasteiger partial charge in [0.2, 0.25) is 5.89 Å². The third-order valence-electron chi connectivity index (χ3n) is 3.03. The van der Waals surface area contributed by atoms with E-state index in [0.717, 1.165) is 11.7 Å². The Morgan fingerprint density at radius 3 is 2.88 bits per heavy atom. The quantitative estimate of drug-likeness (QED) is 0.765.